The van der Waals surface area contributed by atoms with Gasteiger partial charge < -0.3 is 14.9 Å². The molecule has 0 saturated carbocycles. The van der Waals surface area contributed by atoms with Crippen molar-refractivity contribution >= 4 is 11.7 Å². The third-order valence-electron chi connectivity index (χ3n) is 9.28. The van der Waals surface area contributed by atoms with Crippen molar-refractivity contribution in [1.82, 2.24) is 24.3 Å². The molecule has 5 heterocycles. The van der Waals surface area contributed by atoms with Crippen LogP contribution in [0, 0.1) is 11.6 Å². The molecule has 0 unspecified atom stereocenters. The first-order valence-electron chi connectivity index (χ1n) is 15.1. The Bertz CT molecular complexity index is 1610. The minimum Gasteiger partial charge on any atom is -0.329 e. The fraction of sp³-hybridized carbons (Fsp3) is 0.516. The monoisotopic (exact) mass is 636 g/mol. The van der Waals surface area contributed by atoms with E-state index >= 15 is 8.78 Å². The van der Waals surface area contributed by atoms with Crippen molar-refractivity contribution in [2.24, 2.45) is 0 Å². The van der Waals surface area contributed by atoms with E-state index in [1.807, 2.05) is 0 Å². The van der Waals surface area contributed by atoms with Crippen LogP contribution in [0.4, 0.5) is 32.2 Å². The minimum atomic E-state index is -3.11. The number of piperidine rings is 2. The second-order valence-corrected chi connectivity index (χ2v) is 12.4. The molecule has 8 nitrogen and oxygen atoms in total. The molecule has 3 aliphatic rings. The Morgan fingerprint density at radius 1 is 1.04 bits per heavy atom. The van der Waals surface area contributed by atoms with Gasteiger partial charge in [-0.1, -0.05) is 0 Å². The molecule has 2 aromatic heterocycles. The third-order valence-corrected chi connectivity index (χ3v) is 9.28. The summed E-state index contributed by atoms with van der Waals surface area (Å²) in [5, 5.41) is 2.75. The average molecular weight is 637 g/mol. The van der Waals surface area contributed by atoms with E-state index in [1.54, 1.807) is 27.5 Å². The lowest BCUT2D eigenvalue weighted by Crippen LogP contribution is -2.52. The first kappa shape index (κ1) is 31.3. The van der Waals surface area contributed by atoms with Crippen molar-refractivity contribution in [3.05, 3.63) is 81.2 Å². The van der Waals surface area contributed by atoms with E-state index in [0.717, 1.165) is 6.07 Å². The van der Waals surface area contributed by atoms with Crippen LogP contribution in [0.3, 0.4) is 0 Å². The molecule has 45 heavy (non-hydrogen) atoms. The molecule has 6 rings (SSSR count). The number of aryl methyl sites for hydroxylation is 1. The summed E-state index contributed by atoms with van der Waals surface area (Å²) in [6, 6.07) is 3.62. The summed E-state index contributed by atoms with van der Waals surface area (Å²) in [5.41, 5.74) is 0.428. The summed E-state index contributed by atoms with van der Waals surface area (Å²) in [6.07, 6.45) is 2.86. The Labute approximate surface area is 255 Å². The topological polar surface area (TPSA) is 86.3 Å². The second kappa shape index (κ2) is 11.9. The smallest absolute Gasteiger partial charge is 0.257 e. The predicted molar refractivity (Wildman–Crippen MR) is 154 cm³/mol. The zero-order valence-electron chi connectivity index (χ0n) is 24.6. The second-order valence-electron chi connectivity index (χ2n) is 12.4. The number of nitrogens with zero attached hydrogens (tertiary/aromatic N) is 4. The highest BCUT2D eigenvalue weighted by atomic mass is 19.3. The molecule has 2 saturated heterocycles. The molecule has 0 spiro atoms. The van der Waals surface area contributed by atoms with Gasteiger partial charge >= 0.3 is 0 Å². The van der Waals surface area contributed by atoms with Crippen LogP contribution in [-0.4, -0.2) is 74.3 Å². The van der Waals surface area contributed by atoms with Gasteiger partial charge in [-0.15, -0.1) is 0 Å². The number of H-pyrrole nitrogens is 1. The molecule has 3 aliphatic heterocycles. The lowest BCUT2D eigenvalue weighted by molar-refractivity contribution is -0.125. The SMILES string of the molecule is C[C@@H](C(=O)Nc1cn2c(n1)CC[C@@H]2c1cc(F)cc(F)c1)N1CCC(F)(F)[C@@H](c2c[nH]c(=O)c(CN3CCC(F)(F)CC3)c2)C1. The van der Waals surface area contributed by atoms with Crippen molar-refractivity contribution in [2.75, 3.05) is 31.5 Å². The Balaban J connectivity index is 1.13. The van der Waals surface area contributed by atoms with Gasteiger partial charge in [0, 0.05) is 82.4 Å². The van der Waals surface area contributed by atoms with E-state index in [4.69, 9.17) is 0 Å². The molecule has 3 atom stereocenters. The Morgan fingerprint density at radius 2 is 1.76 bits per heavy atom. The molecule has 3 aromatic rings. The molecule has 0 aliphatic carbocycles. The van der Waals surface area contributed by atoms with Gasteiger partial charge in [0.25, 0.3) is 17.4 Å². The van der Waals surface area contributed by atoms with Crippen LogP contribution in [0.5, 0.6) is 0 Å². The van der Waals surface area contributed by atoms with Gasteiger partial charge in [-0.05, 0) is 42.7 Å². The Kier molecular flexibility index (Phi) is 8.31. The van der Waals surface area contributed by atoms with Crippen molar-refractivity contribution in [2.45, 2.75) is 75.4 Å². The molecule has 242 valence electrons. The number of rotatable bonds is 7. The van der Waals surface area contributed by atoms with Crippen LogP contribution < -0.4 is 10.9 Å². The number of halogens is 6. The molecule has 2 N–H and O–H groups in total. The maximum atomic E-state index is 15.3. The maximum absolute atomic E-state index is 15.3. The summed E-state index contributed by atoms with van der Waals surface area (Å²) in [6.45, 7) is 1.69. The fourth-order valence-electron chi connectivity index (χ4n) is 6.62. The van der Waals surface area contributed by atoms with E-state index in [0.29, 0.717) is 24.2 Å². The number of anilines is 1. The molecule has 1 amide bonds. The van der Waals surface area contributed by atoms with E-state index in [1.165, 1.54) is 24.4 Å². The number of imidazole rings is 1. The highest BCUT2D eigenvalue weighted by Crippen LogP contribution is 2.41. The fourth-order valence-corrected chi connectivity index (χ4v) is 6.62. The van der Waals surface area contributed by atoms with Crippen LogP contribution in [0.25, 0.3) is 0 Å². The number of aromatic nitrogens is 3. The molecular formula is C31H34F6N6O2. The maximum Gasteiger partial charge on any atom is 0.257 e. The third kappa shape index (κ3) is 6.67. The minimum absolute atomic E-state index is 0.0385. The van der Waals surface area contributed by atoms with Crippen molar-refractivity contribution in [1.29, 1.82) is 0 Å². The normalized spacial score (nSPS) is 23.9. The quantitative estimate of drug-likeness (QED) is 0.354. The van der Waals surface area contributed by atoms with Gasteiger partial charge in [0.05, 0.1) is 18.0 Å². The number of nitrogens with one attached hydrogen (secondary N) is 2. The standard InChI is InChI=1S/C31H34F6N6O2/c1-18(28(44)40-26-17-43-25(2-3-27(43)39-26)19-11-22(32)13-23(33)12-19)42-9-6-31(36,37)24(16-42)20-10-21(29(45)38-14-20)15-41-7-4-30(34,35)5-8-41/h10-14,17-18,24-25H,2-9,15-16H2,1H3,(H,38,45)(H,40,44)/t18-,24+,25+/m0/s1. The van der Waals surface area contributed by atoms with Gasteiger partial charge in [0.15, 0.2) is 5.82 Å². The summed E-state index contributed by atoms with van der Waals surface area (Å²) in [5.74, 6) is -8.07. The molecule has 14 heteroatoms. The van der Waals surface area contributed by atoms with Gasteiger partial charge in [-0.3, -0.25) is 19.4 Å². The first-order chi connectivity index (χ1) is 21.3. The number of alkyl halides is 4. The number of fused-ring (bicyclic) bond motifs is 1. The summed E-state index contributed by atoms with van der Waals surface area (Å²) in [7, 11) is 0. The number of hydrogen-bond donors (Lipinski definition) is 2. The highest BCUT2D eigenvalue weighted by Gasteiger charge is 2.47. The van der Waals surface area contributed by atoms with Crippen LogP contribution >= 0.6 is 0 Å². The zero-order chi connectivity index (χ0) is 32.1. The van der Waals surface area contributed by atoms with E-state index in [-0.39, 0.29) is 68.6 Å². The highest BCUT2D eigenvalue weighted by molar-refractivity contribution is 5.93. The van der Waals surface area contributed by atoms with Gasteiger partial charge in [-0.25, -0.2) is 31.3 Å². The Morgan fingerprint density at radius 3 is 2.47 bits per heavy atom. The van der Waals surface area contributed by atoms with E-state index in [9.17, 15) is 27.2 Å². The number of benzene rings is 1. The molecule has 2 fully saturated rings. The summed E-state index contributed by atoms with van der Waals surface area (Å²) < 4.78 is 87.1. The number of carbonyl (C=O) groups is 1. The Hall–Kier alpha value is -3.65. The van der Waals surface area contributed by atoms with E-state index in [2.05, 4.69) is 15.3 Å². The van der Waals surface area contributed by atoms with Crippen LogP contribution in [0.15, 0.2) is 41.5 Å². The predicted octanol–water partition coefficient (Wildman–Crippen LogP) is 5.07. The number of likely N-dealkylation sites (tertiary alicyclic amines) is 2. The molecular weight excluding hydrogens is 602 g/mol. The van der Waals surface area contributed by atoms with Crippen molar-refractivity contribution < 1.29 is 31.1 Å². The van der Waals surface area contributed by atoms with Crippen LogP contribution in [0.2, 0.25) is 0 Å². The number of aromatic amines is 1. The molecule has 1 aromatic carbocycles. The van der Waals surface area contributed by atoms with Crippen molar-refractivity contribution in [3.8, 4) is 0 Å². The van der Waals surface area contributed by atoms with Gasteiger partial charge in [0.1, 0.15) is 17.5 Å². The average Bonchev–Trinajstić information content (AvgIpc) is 3.55. The van der Waals surface area contributed by atoms with E-state index < -0.39 is 53.3 Å². The van der Waals surface area contributed by atoms with Crippen molar-refractivity contribution in [3.63, 3.8) is 0 Å². The number of hydrogen-bond acceptors (Lipinski definition) is 5. The number of carbonyl (C=O) groups excluding carboxylic acids is 1. The molecule has 0 radical (unpaired) electrons. The van der Waals surface area contributed by atoms with Crippen LogP contribution in [0.1, 0.15) is 67.1 Å². The first-order valence-corrected chi connectivity index (χ1v) is 15.1. The molecule has 0 bridgehead atoms. The summed E-state index contributed by atoms with van der Waals surface area (Å²) in [4.78, 5) is 36.1. The lowest BCUT2D eigenvalue weighted by Gasteiger charge is -2.40. The lowest BCUT2D eigenvalue weighted by atomic mass is 9.86. The number of amides is 1. The summed E-state index contributed by atoms with van der Waals surface area (Å²) >= 11 is 0. The zero-order valence-corrected chi connectivity index (χ0v) is 24.6. The van der Waals surface area contributed by atoms with Gasteiger partial charge in [-0.2, -0.15) is 0 Å². The van der Waals surface area contributed by atoms with Gasteiger partial charge in [0.2, 0.25) is 5.91 Å². The number of pyridine rings is 1. The van der Waals surface area contributed by atoms with Crippen LogP contribution in [-0.2, 0) is 17.8 Å². The largest absolute Gasteiger partial charge is 0.329 e.